The Morgan fingerprint density at radius 1 is 1.35 bits per heavy atom. The Hall–Kier alpha value is -1.14. The number of nitro groups is 1. The molecule has 1 aromatic rings. The summed E-state index contributed by atoms with van der Waals surface area (Å²) in [6.07, 6.45) is 5.61. The molecule has 1 saturated carbocycles. The molecule has 5 nitrogen and oxygen atoms in total. The summed E-state index contributed by atoms with van der Waals surface area (Å²) in [5.74, 6) is 0. The molecule has 2 N–H and O–H groups in total. The van der Waals surface area contributed by atoms with E-state index in [0.29, 0.717) is 11.0 Å². The number of halogens is 1. The fourth-order valence-corrected chi connectivity index (χ4v) is 3.24. The average molecular weight is 343 g/mol. The van der Waals surface area contributed by atoms with E-state index in [1.54, 1.807) is 6.07 Å². The van der Waals surface area contributed by atoms with Crippen LogP contribution < -0.4 is 5.32 Å². The normalized spacial score (nSPS) is 17.7. The van der Waals surface area contributed by atoms with Crippen molar-refractivity contribution in [2.75, 3.05) is 18.5 Å². The van der Waals surface area contributed by atoms with Crippen molar-refractivity contribution in [1.82, 2.24) is 0 Å². The summed E-state index contributed by atoms with van der Waals surface area (Å²) < 4.78 is 0.676. The minimum Gasteiger partial charge on any atom is -0.396 e. The van der Waals surface area contributed by atoms with Gasteiger partial charge in [0, 0.05) is 34.3 Å². The predicted octanol–water partition coefficient (Wildman–Crippen LogP) is 3.71. The molecule has 1 fully saturated rings. The van der Waals surface area contributed by atoms with Gasteiger partial charge in [-0.25, -0.2) is 0 Å². The highest BCUT2D eigenvalue weighted by Gasteiger charge is 2.31. The molecule has 1 aliphatic rings. The zero-order valence-electron chi connectivity index (χ0n) is 11.3. The SMILES string of the molecule is O=[N+]([O-])c1ccc(NCC2(CO)CCCCC2)c(Br)c1. The summed E-state index contributed by atoms with van der Waals surface area (Å²) >= 11 is 3.35. The highest BCUT2D eigenvalue weighted by atomic mass is 79.9. The molecule has 0 aromatic heterocycles. The summed E-state index contributed by atoms with van der Waals surface area (Å²) in [5.41, 5.74) is 0.838. The van der Waals surface area contributed by atoms with Crippen LogP contribution in [0.2, 0.25) is 0 Å². The third-order valence-corrected chi connectivity index (χ3v) is 4.72. The first-order valence-corrected chi connectivity index (χ1v) is 7.64. The van der Waals surface area contributed by atoms with E-state index in [1.807, 2.05) is 0 Å². The zero-order chi connectivity index (χ0) is 14.6. The molecule has 1 aromatic carbocycles. The van der Waals surface area contributed by atoms with Crippen LogP contribution in [-0.2, 0) is 0 Å². The smallest absolute Gasteiger partial charge is 0.270 e. The molecule has 0 unspecified atom stereocenters. The standard InChI is InChI=1S/C14H19BrN2O3/c15-12-8-11(17(19)20)4-5-13(12)16-9-14(10-18)6-2-1-3-7-14/h4-5,8,16,18H,1-3,6-7,9-10H2. The van der Waals surface area contributed by atoms with Crippen molar-refractivity contribution in [2.24, 2.45) is 5.41 Å². The van der Waals surface area contributed by atoms with Gasteiger partial charge in [0.2, 0.25) is 0 Å². The fourth-order valence-electron chi connectivity index (χ4n) is 2.74. The predicted molar refractivity (Wildman–Crippen MR) is 81.9 cm³/mol. The average Bonchev–Trinajstić information content (AvgIpc) is 2.47. The van der Waals surface area contributed by atoms with Crippen molar-refractivity contribution in [3.63, 3.8) is 0 Å². The van der Waals surface area contributed by atoms with Crippen LogP contribution in [0.15, 0.2) is 22.7 Å². The van der Waals surface area contributed by atoms with Gasteiger partial charge in [0.05, 0.1) is 11.5 Å². The lowest BCUT2D eigenvalue weighted by atomic mass is 9.74. The van der Waals surface area contributed by atoms with Gasteiger partial charge in [-0.1, -0.05) is 19.3 Å². The second-order valence-electron chi connectivity index (χ2n) is 5.49. The molecule has 0 atom stereocenters. The van der Waals surface area contributed by atoms with Gasteiger partial charge in [-0.15, -0.1) is 0 Å². The van der Waals surface area contributed by atoms with Gasteiger partial charge in [-0.2, -0.15) is 0 Å². The van der Waals surface area contributed by atoms with Crippen LogP contribution in [0.1, 0.15) is 32.1 Å². The summed E-state index contributed by atoms with van der Waals surface area (Å²) in [6.45, 7) is 0.879. The number of nitrogens with one attached hydrogen (secondary N) is 1. The lowest BCUT2D eigenvalue weighted by Gasteiger charge is -2.36. The first-order valence-electron chi connectivity index (χ1n) is 6.85. The maximum atomic E-state index is 10.7. The number of non-ortho nitro benzene ring substituents is 1. The molecule has 0 aliphatic heterocycles. The summed E-state index contributed by atoms with van der Waals surface area (Å²) in [7, 11) is 0. The minimum absolute atomic E-state index is 0.0561. The number of nitrogens with zero attached hydrogens (tertiary/aromatic N) is 1. The van der Waals surface area contributed by atoms with Gasteiger partial charge in [-0.3, -0.25) is 10.1 Å². The molecule has 2 rings (SSSR count). The minimum atomic E-state index is -0.412. The van der Waals surface area contributed by atoms with E-state index in [-0.39, 0.29) is 17.7 Å². The van der Waals surface area contributed by atoms with Crippen LogP contribution in [0.25, 0.3) is 0 Å². The van der Waals surface area contributed by atoms with Gasteiger partial charge in [0.1, 0.15) is 0 Å². The van der Waals surface area contributed by atoms with Crippen LogP contribution in [-0.4, -0.2) is 23.2 Å². The van der Waals surface area contributed by atoms with E-state index in [2.05, 4.69) is 21.2 Å². The Morgan fingerprint density at radius 3 is 2.60 bits per heavy atom. The first kappa shape index (κ1) is 15.3. The van der Waals surface area contributed by atoms with Crippen molar-refractivity contribution in [1.29, 1.82) is 0 Å². The summed E-state index contributed by atoms with van der Waals surface area (Å²) in [4.78, 5) is 10.3. The Bertz CT molecular complexity index is 487. The number of benzene rings is 1. The summed E-state index contributed by atoms with van der Waals surface area (Å²) in [5, 5.41) is 23.7. The summed E-state index contributed by atoms with van der Waals surface area (Å²) in [6, 6.07) is 4.69. The number of nitro benzene ring substituents is 1. The number of hydrogen-bond acceptors (Lipinski definition) is 4. The number of aliphatic hydroxyl groups is 1. The Labute approximate surface area is 126 Å². The number of rotatable bonds is 5. The van der Waals surface area contributed by atoms with E-state index in [4.69, 9.17) is 0 Å². The molecular formula is C14H19BrN2O3. The molecule has 1 aliphatic carbocycles. The van der Waals surface area contributed by atoms with Gasteiger partial charge in [0.15, 0.2) is 0 Å². The fraction of sp³-hybridized carbons (Fsp3) is 0.571. The molecule has 0 bridgehead atoms. The quantitative estimate of drug-likeness (QED) is 0.631. The molecule has 0 heterocycles. The largest absolute Gasteiger partial charge is 0.396 e. The monoisotopic (exact) mass is 342 g/mol. The number of hydrogen-bond donors (Lipinski definition) is 2. The van der Waals surface area contributed by atoms with Crippen LogP contribution in [0.4, 0.5) is 11.4 Å². The highest BCUT2D eigenvalue weighted by molar-refractivity contribution is 9.10. The van der Waals surface area contributed by atoms with Gasteiger partial charge >= 0.3 is 0 Å². The lowest BCUT2D eigenvalue weighted by Crippen LogP contribution is -2.35. The molecule has 110 valence electrons. The molecule has 0 spiro atoms. The molecule has 20 heavy (non-hydrogen) atoms. The zero-order valence-corrected chi connectivity index (χ0v) is 12.9. The molecule has 0 saturated heterocycles. The van der Waals surface area contributed by atoms with Crippen LogP contribution >= 0.6 is 15.9 Å². The van der Waals surface area contributed by atoms with Crippen LogP contribution in [0, 0.1) is 15.5 Å². The first-order chi connectivity index (χ1) is 9.56. The molecule has 0 amide bonds. The van der Waals surface area contributed by atoms with E-state index in [0.717, 1.165) is 31.4 Å². The number of anilines is 1. The van der Waals surface area contributed by atoms with Crippen LogP contribution in [0.5, 0.6) is 0 Å². The molecule has 6 heteroatoms. The molecule has 0 radical (unpaired) electrons. The Balaban J connectivity index is 2.04. The van der Waals surface area contributed by atoms with Crippen LogP contribution in [0.3, 0.4) is 0 Å². The maximum Gasteiger partial charge on any atom is 0.270 e. The van der Waals surface area contributed by atoms with Crippen molar-refractivity contribution in [3.8, 4) is 0 Å². The third kappa shape index (κ3) is 3.49. The van der Waals surface area contributed by atoms with Crippen molar-refractivity contribution in [2.45, 2.75) is 32.1 Å². The lowest BCUT2D eigenvalue weighted by molar-refractivity contribution is -0.384. The maximum absolute atomic E-state index is 10.7. The third-order valence-electron chi connectivity index (χ3n) is 4.07. The Morgan fingerprint density at radius 2 is 2.05 bits per heavy atom. The Kier molecular flexibility index (Phi) is 4.99. The number of aliphatic hydroxyl groups excluding tert-OH is 1. The van der Waals surface area contributed by atoms with E-state index < -0.39 is 4.92 Å². The van der Waals surface area contributed by atoms with Crippen molar-refractivity contribution in [3.05, 3.63) is 32.8 Å². The van der Waals surface area contributed by atoms with E-state index in [1.165, 1.54) is 18.6 Å². The second kappa shape index (κ2) is 6.54. The van der Waals surface area contributed by atoms with Gasteiger partial charge < -0.3 is 10.4 Å². The highest BCUT2D eigenvalue weighted by Crippen LogP contribution is 2.37. The van der Waals surface area contributed by atoms with Gasteiger partial charge in [-0.05, 0) is 34.8 Å². The van der Waals surface area contributed by atoms with E-state index in [9.17, 15) is 15.2 Å². The van der Waals surface area contributed by atoms with Crippen molar-refractivity contribution < 1.29 is 10.0 Å². The second-order valence-corrected chi connectivity index (χ2v) is 6.35. The van der Waals surface area contributed by atoms with Gasteiger partial charge in [0.25, 0.3) is 5.69 Å². The topological polar surface area (TPSA) is 75.4 Å². The van der Waals surface area contributed by atoms with Crippen molar-refractivity contribution >= 4 is 27.3 Å². The van der Waals surface area contributed by atoms with E-state index >= 15 is 0 Å². The molecular weight excluding hydrogens is 324 g/mol.